The van der Waals surface area contributed by atoms with Crippen LogP contribution in [0.3, 0.4) is 0 Å². The number of allylic oxidation sites excluding steroid dienone is 1. The maximum atomic E-state index is 13.3. The van der Waals surface area contributed by atoms with Crippen LogP contribution in [0.1, 0.15) is 85.5 Å². The zero-order chi connectivity index (χ0) is 27.2. The first kappa shape index (κ1) is 28.0. The summed E-state index contributed by atoms with van der Waals surface area (Å²) < 4.78 is 5.18. The van der Waals surface area contributed by atoms with Gasteiger partial charge in [0.05, 0.1) is 12.5 Å². The van der Waals surface area contributed by atoms with Crippen molar-refractivity contribution < 1.29 is 34.1 Å². The summed E-state index contributed by atoms with van der Waals surface area (Å²) in [4.78, 5) is 49.4. The molecule has 4 aliphatic carbocycles. The molecule has 0 bridgehead atoms. The minimum absolute atomic E-state index is 0.00389. The third-order valence-electron chi connectivity index (χ3n) is 10.1. The number of hydrogen-bond donors (Lipinski definition) is 3. The van der Waals surface area contributed by atoms with Gasteiger partial charge in [0.2, 0.25) is 11.7 Å². The Bertz CT molecular complexity index is 989. The summed E-state index contributed by atoms with van der Waals surface area (Å²) in [5.74, 6) is -0.749. The van der Waals surface area contributed by atoms with Crippen LogP contribution in [0.25, 0.3) is 0 Å². The van der Waals surface area contributed by atoms with Gasteiger partial charge in [0.1, 0.15) is 5.60 Å². The molecule has 0 heterocycles. The number of esters is 1. The predicted octanol–water partition coefficient (Wildman–Crippen LogP) is 2.88. The molecular formula is C29H43NO7. The Morgan fingerprint density at radius 2 is 1.86 bits per heavy atom. The highest BCUT2D eigenvalue weighted by atomic mass is 16.5. The van der Waals surface area contributed by atoms with E-state index < -0.39 is 35.5 Å². The molecule has 8 nitrogen and oxygen atoms in total. The van der Waals surface area contributed by atoms with Crippen LogP contribution in [0.15, 0.2) is 11.6 Å². The molecule has 7 atom stereocenters. The van der Waals surface area contributed by atoms with E-state index in [0.29, 0.717) is 31.7 Å². The van der Waals surface area contributed by atoms with E-state index in [1.807, 2.05) is 20.8 Å². The van der Waals surface area contributed by atoms with Crippen molar-refractivity contribution in [3.63, 3.8) is 0 Å². The van der Waals surface area contributed by atoms with Crippen LogP contribution < -0.4 is 5.32 Å². The van der Waals surface area contributed by atoms with E-state index in [2.05, 4.69) is 12.2 Å². The van der Waals surface area contributed by atoms with Gasteiger partial charge in [0.15, 0.2) is 12.4 Å². The highest BCUT2D eigenvalue weighted by Crippen LogP contribution is 2.67. The molecule has 8 heteroatoms. The molecule has 3 fully saturated rings. The molecule has 0 radical (unpaired) electrons. The molecule has 4 rings (SSSR count). The van der Waals surface area contributed by atoms with Crippen molar-refractivity contribution in [2.75, 3.05) is 13.2 Å². The molecule has 0 spiro atoms. The van der Waals surface area contributed by atoms with E-state index in [9.17, 15) is 29.4 Å². The SMILES string of the molecule is CC(C)CNC(=O)CCC(=O)OCC(=O)[C@@]1(O)CCC2C3CCC4=CC(=O)CC[C@]4(C)C3C(O)C[C@@]21C. The lowest BCUT2D eigenvalue weighted by atomic mass is 9.45. The molecule has 0 aromatic heterocycles. The third kappa shape index (κ3) is 4.91. The van der Waals surface area contributed by atoms with Crippen molar-refractivity contribution in [2.45, 2.75) is 97.2 Å². The number of aliphatic hydroxyl groups is 2. The smallest absolute Gasteiger partial charge is 0.306 e. The second-order valence-electron chi connectivity index (χ2n) is 12.8. The largest absolute Gasteiger partial charge is 0.458 e. The first-order chi connectivity index (χ1) is 17.3. The van der Waals surface area contributed by atoms with E-state index in [1.54, 1.807) is 6.08 Å². The lowest BCUT2D eigenvalue weighted by Gasteiger charge is -2.60. The molecular weight excluding hydrogens is 474 g/mol. The fraction of sp³-hybridized carbons (Fsp3) is 0.793. The van der Waals surface area contributed by atoms with E-state index in [4.69, 9.17) is 4.74 Å². The molecule has 0 aromatic rings. The Kier molecular flexibility index (Phi) is 7.75. The molecule has 1 amide bonds. The Balaban J connectivity index is 1.41. The zero-order valence-corrected chi connectivity index (χ0v) is 22.7. The van der Waals surface area contributed by atoms with Crippen LogP contribution in [0.5, 0.6) is 0 Å². The predicted molar refractivity (Wildman–Crippen MR) is 136 cm³/mol. The standard InChI is InChI=1S/C29H43NO7/c1-17(2)15-30-24(34)7-8-25(35)37-16-23(33)29(36)12-10-21-20-6-5-18-13-19(31)9-11-27(18,3)26(20)22(32)14-28(21,29)4/h13,17,20-22,26,32,36H,5-12,14-16H2,1-4H3,(H,30,34)/t20?,21?,22?,26?,27-,28-,29-/m0/s1. The molecule has 3 N–H and O–H groups in total. The molecule has 3 saturated carbocycles. The minimum atomic E-state index is -1.68. The van der Waals surface area contributed by atoms with Crippen molar-refractivity contribution in [3.8, 4) is 0 Å². The summed E-state index contributed by atoms with van der Waals surface area (Å²) in [6.07, 6.45) is 5.04. The second kappa shape index (κ2) is 10.3. The number of ether oxygens (including phenoxy) is 1. The number of hydrogen-bond acceptors (Lipinski definition) is 7. The van der Waals surface area contributed by atoms with E-state index in [-0.39, 0.29) is 54.1 Å². The Morgan fingerprint density at radius 3 is 2.57 bits per heavy atom. The Labute approximate surface area is 219 Å². The zero-order valence-electron chi connectivity index (χ0n) is 22.7. The normalized spacial score (nSPS) is 38.8. The number of aliphatic hydroxyl groups excluding tert-OH is 1. The fourth-order valence-corrected chi connectivity index (χ4v) is 8.11. The molecule has 0 aliphatic heterocycles. The summed E-state index contributed by atoms with van der Waals surface area (Å²) in [5, 5.41) is 25.9. The topological polar surface area (TPSA) is 130 Å². The van der Waals surface area contributed by atoms with Gasteiger partial charge in [0.25, 0.3) is 0 Å². The number of Topliss-reactive ketones (excluding diaryl/α,β-unsaturated/α-hetero) is 1. The van der Waals surface area contributed by atoms with Gasteiger partial charge in [-0.05, 0) is 73.7 Å². The molecule has 0 aromatic carbocycles. The van der Waals surface area contributed by atoms with Crippen LogP contribution in [-0.4, -0.2) is 58.5 Å². The van der Waals surface area contributed by atoms with E-state index in [0.717, 1.165) is 24.8 Å². The second-order valence-corrected chi connectivity index (χ2v) is 12.8. The summed E-state index contributed by atoms with van der Waals surface area (Å²) in [6.45, 7) is 8.02. The maximum absolute atomic E-state index is 13.3. The van der Waals surface area contributed by atoms with Gasteiger partial charge < -0.3 is 20.3 Å². The number of fused-ring (bicyclic) bond motifs is 5. The van der Waals surface area contributed by atoms with E-state index in [1.165, 1.54) is 0 Å². The van der Waals surface area contributed by atoms with Crippen molar-refractivity contribution in [3.05, 3.63) is 11.6 Å². The monoisotopic (exact) mass is 517 g/mol. The van der Waals surface area contributed by atoms with Crippen LogP contribution >= 0.6 is 0 Å². The van der Waals surface area contributed by atoms with Crippen LogP contribution in [0.2, 0.25) is 0 Å². The van der Waals surface area contributed by atoms with Crippen LogP contribution in [0, 0.1) is 34.5 Å². The third-order valence-corrected chi connectivity index (χ3v) is 10.1. The van der Waals surface area contributed by atoms with E-state index >= 15 is 0 Å². The first-order valence-corrected chi connectivity index (χ1v) is 13.9. The van der Waals surface area contributed by atoms with Gasteiger partial charge in [-0.15, -0.1) is 0 Å². The number of rotatable bonds is 8. The van der Waals surface area contributed by atoms with Crippen LogP contribution in [-0.2, 0) is 23.9 Å². The summed E-state index contributed by atoms with van der Waals surface area (Å²) in [6, 6.07) is 0. The lowest BCUT2D eigenvalue weighted by molar-refractivity contribution is -0.184. The molecule has 206 valence electrons. The number of carbonyl (C=O) groups is 4. The van der Waals surface area contributed by atoms with Gasteiger partial charge in [-0.1, -0.05) is 33.3 Å². The quantitative estimate of drug-likeness (QED) is 0.422. The van der Waals surface area contributed by atoms with Gasteiger partial charge in [0, 0.05) is 24.8 Å². The molecule has 37 heavy (non-hydrogen) atoms. The van der Waals surface area contributed by atoms with Gasteiger partial charge in [-0.2, -0.15) is 0 Å². The molecule has 4 unspecified atom stereocenters. The Hall–Kier alpha value is -2.06. The van der Waals surface area contributed by atoms with Crippen LogP contribution in [0.4, 0.5) is 0 Å². The highest BCUT2D eigenvalue weighted by Gasteiger charge is 2.68. The number of ketones is 2. The van der Waals surface area contributed by atoms with Gasteiger partial charge >= 0.3 is 5.97 Å². The van der Waals surface area contributed by atoms with Crippen molar-refractivity contribution in [1.29, 1.82) is 0 Å². The Morgan fingerprint density at radius 1 is 1.14 bits per heavy atom. The number of amides is 1. The molecule has 0 saturated heterocycles. The number of nitrogens with one attached hydrogen (secondary N) is 1. The lowest BCUT2D eigenvalue weighted by Crippen LogP contribution is -2.62. The highest BCUT2D eigenvalue weighted by molar-refractivity contribution is 5.92. The fourth-order valence-electron chi connectivity index (χ4n) is 8.11. The minimum Gasteiger partial charge on any atom is -0.458 e. The summed E-state index contributed by atoms with van der Waals surface area (Å²) in [7, 11) is 0. The average Bonchev–Trinajstić information content (AvgIpc) is 3.11. The number of carbonyl (C=O) groups excluding carboxylic acids is 4. The average molecular weight is 518 g/mol. The maximum Gasteiger partial charge on any atom is 0.306 e. The molecule has 4 aliphatic rings. The van der Waals surface area contributed by atoms with Crippen molar-refractivity contribution in [1.82, 2.24) is 5.32 Å². The van der Waals surface area contributed by atoms with Gasteiger partial charge in [-0.25, -0.2) is 0 Å². The van der Waals surface area contributed by atoms with Crippen molar-refractivity contribution in [2.24, 2.45) is 34.5 Å². The van der Waals surface area contributed by atoms with Crippen molar-refractivity contribution >= 4 is 23.4 Å². The summed E-state index contributed by atoms with van der Waals surface area (Å²) in [5.41, 5.74) is -1.60. The van der Waals surface area contributed by atoms with Gasteiger partial charge in [-0.3, -0.25) is 19.2 Å². The summed E-state index contributed by atoms with van der Waals surface area (Å²) >= 11 is 0. The first-order valence-electron chi connectivity index (χ1n) is 13.9.